The van der Waals surface area contributed by atoms with E-state index in [2.05, 4.69) is 5.32 Å². The Hall–Kier alpha value is -2.69. The van der Waals surface area contributed by atoms with Crippen molar-refractivity contribution in [2.45, 2.75) is 18.9 Å². The zero-order chi connectivity index (χ0) is 16.4. The Bertz CT molecular complexity index is 714. The Balaban J connectivity index is 1.76. The summed E-state index contributed by atoms with van der Waals surface area (Å²) in [5, 5.41) is 2.17. The lowest BCUT2D eigenvalue weighted by Crippen LogP contribution is -2.37. The topological polar surface area (TPSA) is 55.4 Å². The number of hydrogen-bond acceptors (Lipinski definition) is 3. The number of fused-ring (bicyclic) bond motifs is 3. The summed E-state index contributed by atoms with van der Waals surface area (Å²) in [5.74, 6) is -0.0652. The van der Waals surface area contributed by atoms with Crippen molar-refractivity contribution in [2.24, 2.45) is 0 Å². The van der Waals surface area contributed by atoms with Crippen molar-refractivity contribution in [3.8, 4) is 11.1 Å². The van der Waals surface area contributed by atoms with E-state index in [1.165, 1.54) is 6.92 Å². The van der Waals surface area contributed by atoms with Crippen LogP contribution in [0.2, 0.25) is 0 Å². The normalized spacial score (nSPS) is 13.8. The van der Waals surface area contributed by atoms with E-state index in [1.54, 1.807) is 0 Å². The van der Waals surface area contributed by atoms with E-state index in [0.717, 1.165) is 22.3 Å². The predicted octanol–water partition coefficient (Wildman–Crippen LogP) is 3.41. The Morgan fingerprint density at radius 1 is 1.09 bits per heavy atom. The molecule has 1 amide bonds. The molecule has 4 nitrogen and oxygen atoms in total. The molecule has 1 unspecified atom stereocenters. The van der Waals surface area contributed by atoms with E-state index in [9.17, 15) is 14.0 Å². The van der Waals surface area contributed by atoms with Crippen LogP contribution in [0.1, 0.15) is 24.0 Å². The van der Waals surface area contributed by atoms with Crippen molar-refractivity contribution in [1.82, 2.24) is 5.32 Å². The van der Waals surface area contributed by atoms with Crippen LogP contribution in [-0.4, -0.2) is 24.8 Å². The molecule has 0 spiro atoms. The molecule has 1 N–H and O–H groups in total. The van der Waals surface area contributed by atoms with Crippen molar-refractivity contribution in [2.75, 3.05) is 6.61 Å². The van der Waals surface area contributed by atoms with Gasteiger partial charge in [-0.05, 0) is 29.2 Å². The summed E-state index contributed by atoms with van der Waals surface area (Å²) in [4.78, 5) is 22.2. The van der Waals surface area contributed by atoms with Gasteiger partial charge in [-0.2, -0.15) is 4.39 Å². The molecule has 1 atom stereocenters. The number of rotatable bonds is 4. The first-order valence-electron chi connectivity index (χ1n) is 7.39. The third-order valence-corrected chi connectivity index (χ3v) is 4.02. The van der Waals surface area contributed by atoms with Gasteiger partial charge in [0.05, 0.1) is 0 Å². The monoisotopic (exact) mass is 313 g/mol. The number of carbonyl (C=O) groups is 2. The fourth-order valence-corrected chi connectivity index (χ4v) is 2.87. The molecule has 23 heavy (non-hydrogen) atoms. The predicted molar refractivity (Wildman–Crippen MR) is 83.8 cm³/mol. The standard InChI is InChI=1S/C18H16FNO3/c1-11(17(19)21)20-18(22)23-10-16-14-8-4-2-6-12(14)13-7-3-5-9-15(13)16/h2-9,11,16H,10H2,1H3,(H,20,22). The molecular formula is C18H16FNO3. The molecule has 0 aliphatic heterocycles. The minimum Gasteiger partial charge on any atom is -0.449 e. The SMILES string of the molecule is CC(NC(=O)OCC1c2ccccc2-c2ccccc21)C(=O)F. The maximum Gasteiger partial charge on any atom is 0.407 e. The first kappa shape index (κ1) is 15.2. The number of halogens is 1. The average molecular weight is 313 g/mol. The number of benzene rings is 2. The van der Waals surface area contributed by atoms with Crippen molar-refractivity contribution in [3.05, 3.63) is 59.7 Å². The Morgan fingerprint density at radius 3 is 2.13 bits per heavy atom. The summed E-state index contributed by atoms with van der Waals surface area (Å²) >= 11 is 0. The van der Waals surface area contributed by atoms with Crippen LogP contribution < -0.4 is 5.32 Å². The smallest absolute Gasteiger partial charge is 0.407 e. The number of alkyl carbamates (subject to hydrolysis) is 1. The highest BCUT2D eigenvalue weighted by Crippen LogP contribution is 2.44. The Kier molecular flexibility index (Phi) is 4.10. The molecule has 2 aromatic carbocycles. The van der Waals surface area contributed by atoms with Gasteiger partial charge in [0.25, 0.3) is 0 Å². The van der Waals surface area contributed by atoms with Crippen LogP contribution in [0.3, 0.4) is 0 Å². The molecule has 118 valence electrons. The first-order valence-corrected chi connectivity index (χ1v) is 7.39. The zero-order valence-electron chi connectivity index (χ0n) is 12.6. The minimum absolute atomic E-state index is 0.0652. The maximum atomic E-state index is 12.5. The molecule has 0 saturated heterocycles. The highest BCUT2D eigenvalue weighted by atomic mass is 19.1. The van der Waals surface area contributed by atoms with Gasteiger partial charge in [-0.15, -0.1) is 0 Å². The molecule has 5 heteroatoms. The maximum absolute atomic E-state index is 12.5. The largest absolute Gasteiger partial charge is 0.449 e. The average Bonchev–Trinajstić information content (AvgIpc) is 2.87. The minimum atomic E-state index is -1.60. The molecule has 0 aromatic heterocycles. The summed E-state index contributed by atoms with van der Waals surface area (Å²) in [6.45, 7) is 1.40. The van der Waals surface area contributed by atoms with Gasteiger partial charge in [-0.1, -0.05) is 48.5 Å². The molecular weight excluding hydrogens is 297 g/mol. The number of hydrogen-bond donors (Lipinski definition) is 1. The van der Waals surface area contributed by atoms with E-state index in [0.29, 0.717) is 0 Å². The molecule has 0 radical (unpaired) electrons. The summed E-state index contributed by atoms with van der Waals surface area (Å²) < 4.78 is 17.7. The van der Waals surface area contributed by atoms with Crippen LogP contribution in [0.15, 0.2) is 48.5 Å². The Morgan fingerprint density at radius 2 is 1.61 bits per heavy atom. The second-order valence-corrected chi connectivity index (χ2v) is 5.50. The van der Waals surface area contributed by atoms with Gasteiger partial charge >= 0.3 is 12.1 Å². The van der Waals surface area contributed by atoms with Crippen LogP contribution in [0.4, 0.5) is 9.18 Å². The molecule has 0 heterocycles. The van der Waals surface area contributed by atoms with Gasteiger partial charge in [0, 0.05) is 5.92 Å². The second kappa shape index (κ2) is 6.20. The highest BCUT2D eigenvalue weighted by Gasteiger charge is 2.29. The van der Waals surface area contributed by atoms with Gasteiger partial charge in [-0.25, -0.2) is 4.79 Å². The third-order valence-electron chi connectivity index (χ3n) is 4.02. The lowest BCUT2D eigenvalue weighted by molar-refractivity contribution is -0.130. The van der Waals surface area contributed by atoms with E-state index >= 15 is 0 Å². The third kappa shape index (κ3) is 2.95. The van der Waals surface area contributed by atoms with Crippen LogP contribution >= 0.6 is 0 Å². The zero-order valence-corrected chi connectivity index (χ0v) is 12.6. The summed E-state index contributed by atoms with van der Waals surface area (Å²) in [5.41, 5.74) is 4.45. The van der Waals surface area contributed by atoms with Gasteiger partial charge < -0.3 is 10.1 Å². The van der Waals surface area contributed by atoms with E-state index in [-0.39, 0.29) is 12.5 Å². The first-order chi connectivity index (χ1) is 11.1. The van der Waals surface area contributed by atoms with E-state index in [1.807, 2.05) is 48.5 Å². The van der Waals surface area contributed by atoms with Crippen molar-refractivity contribution < 1.29 is 18.7 Å². The molecule has 3 rings (SSSR count). The molecule has 0 fully saturated rings. The summed E-state index contributed by atoms with van der Waals surface area (Å²) in [6.07, 6.45) is -0.801. The van der Waals surface area contributed by atoms with Crippen LogP contribution in [-0.2, 0) is 9.53 Å². The van der Waals surface area contributed by atoms with Crippen molar-refractivity contribution in [1.29, 1.82) is 0 Å². The van der Waals surface area contributed by atoms with E-state index in [4.69, 9.17) is 4.74 Å². The number of ether oxygens (including phenoxy) is 1. The van der Waals surface area contributed by atoms with Crippen molar-refractivity contribution >= 4 is 12.1 Å². The van der Waals surface area contributed by atoms with Gasteiger partial charge in [0.1, 0.15) is 12.6 Å². The molecule has 1 aliphatic carbocycles. The second-order valence-electron chi connectivity index (χ2n) is 5.50. The van der Waals surface area contributed by atoms with E-state index < -0.39 is 18.2 Å². The summed E-state index contributed by atoms with van der Waals surface area (Å²) in [7, 11) is 0. The molecule has 2 aromatic rings. The lowest BCUT2D eigenvalue weighted by Gasteiger charge is -2.15. The Labute approximate surface area is 133 Å². The van der Waals surface area contributed by atoms with Crippen LogP contribution in [0.25, 0.3) is 11.1 Å². The van der Waals surface area contributed by atoms with Gasteiger partial charge in [0.15, 0.2) is 0 Å². The number of nitrogens with one attached hydrogen (secondary N) is 1. The lowest BCUT2D eigenvalue weighted by atomic mass is 9.98. The number of amides is 1. The van der Waals surface area contributed by atoms with Crippen LogP contribution in [0.5, 0.6) is 0 Å². The summed E-state index contributed by atoms with van der Waals surface area (Å²) in [6, 6.07) is 13.1. The fourth-order valence-electron chi connectivity index (χ4n) is 2.87. The van der Waals surface area contributed by atoms with Crippen LogP contribution in [0, 0.1) is 0 Å². The van der Waals surface area contributed by atoms with Gasteiger partial charge in [0.2, 0.25) is 0 Å². The molecule has 0 bridgehead atoms. The van der Waals surface area contributed by atoms with Crippen molar-refractivity contribution in [3.63, 3.8) is 0 Å². The quantitative estimate of drug-likeness (QED) is 0.880. The number of carbonyl (C=O) groups excluding carboxylic acids is 2. The highest BCUT2D eigenvalue weighted by molar-refractivity contribution is 5.81. The molecule has 1 aliphatic rings. The molecule has 0 saturated carbocycles. The van der Waals surface area contributed by atoms with Gasteiger partial charge in [-0.3, -0.25) is 4.79 Å². The fraction of sp³-hybridized carbons (Fsp3) is 0.222.